The summed E-state index contributed by atoms with van der Waals surface area (Å²) < 4.78 is 24.8. The summed E-state index contributed by atoms with van der Waals surface area (Å²) in [5, 5.41) is 9.31. The van der Waals surface area contributed by atoms with Crippen LogP contribution in [0.1, 0.15) is 23.7 Å². The number of carbonyl (C=O) groups excluding carboxylic acids is 1. The Bertz CT molecular complexity index is 1010. The first-order valence-electron chi connectivity index (χ1n) is 8.10. The van der Waals surface area contributed by atoms with E-state index in [1.54, 1.807) is 37.3 Å². The Hall–Kier alpha value is -3.00. The van der Waals surface area contributed by atoms with Crippen LogP contribution in [0.3, 0.4) is 0 Å². The molecule has 0 bridgehead atoms. The number of amides is 1. The first-order chi connectivity index (χ1) is 12.5. The number of hydrogen-bond acceptors (Lipinski definition) is 5. The van der Waals surface area contributed by atoms with Gasteiger partial charge in [-0.2, -0.15) is 5.10 Å². The number of sulfone groups is 1. The maximum Gasteiger partial charge on any atom is 0.256 e. The Morgan fingerprint density at radius 1 is 1.15 bits per heavy atom. The van der Waals surface area contributed by atoms with Crippen LogP contribution in [0.4, 0.5) is 5.69 Å². The number of rotatable bonds is 6. The minimum Gasteiger partial charge on any atom is -0.322 e. The summed E-state index contributed by atoms with van der Waals surface area (Å²) >= 11 is 0. The number of benzene rings is 2. The van der Waals surface area contributed by atoms with Crippen LogP contribution in [0.5, 0.6) is 0 Å². The second-order valence-corrected chi connectivity index (χ2v) is 7.76. The number of nitrogens with zero attached hydrogens (tertiary/aromatic N) is 2. The van der Waals surface area contributed by atoms with Crippen LogP contribution in [-0.2, 0) is 9.84 Å². The van der Waals surface area contributed by atoms with Crippen LogP contribution in [0.25, 0.3) is 11.4 Å². The van der Waals surface area contributed by atoms with Gasteiger partial charge in [0.15, 0.2) is 15.7 Å². The molecule has 1 heterocycles. The molecule has 0 aliphatic heterocycles. The van der Waals surface area contributed by atoms with E-state index in [9.17, 15) is 13.2 Å². The van der Waals surface area contributed by atoms with Crippen molar-refractivity contribution >= 4 is 21.4 Å². The highest BCUT2D eigenvalue weighted by Gasteiger charge is 2.21. The van der Waals surface area contributed by atoms with Gasteiger partial charge >= 0.3 is 0 Å². The molecule has 0 fully saturated rings. The molecule has 0 atom stereocenters. The van der Waals surface area contributed by atoms with Crippen LogP contribution in [-0.4, -0.2) is 35.3 Å². The maximum absolute atomic E-state index is 12.7. The predicted molar refractivity (Wildman–Crippen MR) is 98.6 cm³/mol. The summed E-state index contributed by atoms with van der Waals surface area (Å²) in [6.07, 6.45) is 1.88. The van der Waals surface area contributed by atoms with Crippen molar-refractivity contribution < 1.29 is 13.2 Å². The Kier molecular flexibility index (Phi) is 5.13. The largest absolute Gasteiger partial charge is 0.322 e. The molecule has 8 heteroatoms. The van der Waals surface area contributed by atoms with E-state index in [1.165, 1.54) is 18.5 Å². The average Bonchev–Trinajstić information content (AvgIpc) is 3.17. The Morgan fingerprint density at radius 3 is 2.69 bits per heavy atom. The molecule has 0 radical (unpaired) electrons. The molecule has 0 saturated heterocycles. The maximum atomic E-state index is 12.7. The van der Waals surface area contributed by atoms with Crippen LogP contribution in [0, 0.1) is 0 Å². The third-order valence-corrected chi connectivity index (χ3v) is 5.72. The number of nitrogens with one attached hydrogen (secondary N) is 2. The lowest BCUT2D eigenvalue weighted by Crippen LogP contribution is -2.17. The van der Waals surface area contributed by atoms with Gasteiger partial charge in [0, 0.05) is 11.3 Å². The average molecular weight is 370 g/mol. The monoisotopic (exact) mass is 370 g/mol. The molecule has 3 rings (SSSR count). The standard InChI is InChI=1S/C18H18N4O3S/c1-2-10-26(24,25)16-9-4-3-8-15(16)18(23)21-14-7-5-6-13(11-14)17-19-12-20-22-17/h3-9,11-12H,2,10H2,1H3,(H,21,23)(H,19,20,22). The van der Waals surface area contributed by atoms with E-state index in [0.29, 0.717) is 17.9 Å². The molecule has 2 N–H and O–H groups in total. The topological polar surface area (TPSA) is 105 Å². The van der Waals surface area contributed by atoms with Gasteiger partial charge in [0.1, 0.15) is 6.33 Å². The van der Waals surface area contributed by atoms with Gasteiger partial charge in [-0.3, -0.25) is 9.89 Å². The molecule has 0 spiro atoms. The minimum atomic E-state index is -3.51. The molecule has 1 amide bonds. The Morgan fingerprint density at radius 2 is 1.96 bits per heavy atom. The number of anilines is 1. The highest BCUT2D eigenvalue weighted by atomic mass is 32.2. The van der Waals surface area contributed by atoms with Crippen LogP contribution >= 0.6 is 0 Å². The number of aromatic amines is 1. The molecule has 2 aromatic carbocycles. The molecular weight excluding hydrogens is 352 g/mol. The molecular formula is C18H18N4O3S. The van der Waals surface area contributed by atoms with E-state index in [2.05, 4.69) is 20.5 Å². The van der Waals surface area contributed by atoms with E-state index in [4.69, 9.17) is 0 Å². The third-order valence-electron chi connectivity index (χ3n) is 3.75. The van der Waals surface area contributed by atoms with Gasteiger partial charge in [-0.1, -0.05) is 31.2 Å². The van der Waals surface area contributed by atoms with Gasteiger partial charge in [0.25, 0.3) is 5.91 Å². The van der Waals surface area contributed by atoms with E-state index in [-0.39, 0.29) is 16.2 Å². The van der Waals surface area contributed by atoms with Gasteiger partial charge in [-0.15, -0.1) is 0 Å². The zero-order chi connectivity index (χ0) is 18.6. The van der Waals surface area contributed by atoms with Crippen molar-refractivity contribution in [1.82, 2.24) is 15.2 Å². The minimum absolute atomic E-state index is 0.00171. The molecule has 1 aromatic heterocycles. The second kappa shape index (κ2) is 7.49. The Labute approximate surface area is 151 Å². The van der Waals surface area contributed by atoms with Gasteiger partial charge < -0.3 is 5.32 Å². The lowest BCUT2D eigenvalue weighted by Gasteiger charge is -2.11. The van der Waals surface area contributed by atoms with Crippen LogP contribution in [0.15, 0.2) is 59.8 Å². The van der Waals surface area contributed by atoms with Crippen molar-refractivity contribution in [3.05, 3.63) is 60.4 Å². The lowest BCUT2D eigenvalue weighted by molar-refractivity contribution is 0.102. The van der Waals surface area contributed by atoms with Crippen molar-refractivity contribution in [2.75, 3.05) is 11.1 Å². The molecule has 26 heavy (non-hydrogen) atoms. The fourth-order valence-electron chi connectivity index (χ4n) is 2.59. The molecule has 0 aliphatic rings. The third kappa shape index (κ3) is 3.80. The molecule has 7 nitrogen and oxygen atoms in total. The first-order valence-corrected chi connectivity index (χ1v) is 9.75. The summed E-state index contributed by atoms with van der Waals surface area (Å²) in [5.74, 6) is 0.0974. The van der Waals surface area contributed by atoms with Gasteiger partial charge in [0.2, 0.25) is 0 Å². The van der Waals surface area contributed by atoms with E-state index in [1.807, 2.05) is 6.07 Å². The van der Waals surface area contributed by atoms with Gasteiger partial charge in [0.05, 0.1) is 16.2 Å². The number of H-pyrrole nitrogens is 1. The van der Waals surface area contributed by atoms with Crippen molar-refractivity contribution in [3.63, 3.8) is 0 Å². The summed E-state index contributed by atoms with van der Waals surface area (Å²) in [7, 11) is -3.51. The van der Waals surface area contributed by atoms with Gasteiger partial charge in [-0.05, 0) is 30.7 Å². The smallest absolute Gasteiger partial charge is 0.256 e. The van der Waals surface area contributed by atoms with Crippen molar-refractivity contribution in [3.8, 4) is 11.4 Å². The molecule has 3 aromatic rings. The van der Waals surface area contributed by atoms with Crippen LogP contribution < -0.4 is 5.32 Å². The highest BCUT2D eigenvalue weighted by Crippen LogP contribution is 2.22. The quantitative estimate of drug-likeness (QED) is 0.694. The zero-order valence-electron chi connectivity index (χ0n) is 14.1. The summed E-state index contributed by atoms with van der Waals surface area (Å²) in [5.41, 5.74) is 1.42. The summed E-state index contributed by atoms with van der Waals surface area (Å²) in [6, 6.07) is 13.3. The number of carbonyl (C=O) groups is 1. The fraction of sp³-hybridized carbons (Fsp3) is 0.167. The number of hydrogen-bond donors (Lipinski definition) is 2. The SMILES string of the molecule is CCCS(=O)(=O)c1ccccc1C(=O)Nc1cccc(-c2ncn[nH]2)c1. The van der Waals surface area contributed by atoms with E-state index in [0.717, 1.165) is 5.56 Å². The predicted octanol–water partition coefficient (Wildman–Crippen LogP) is 2.91. The fourth-order valence-corrected chi connectivity index (χ4v) is 4.13. The lowest BCUT2D eigenvalue weighted by atomic mass is 10.1. The van der Waals surface area contributed by atoms with Gasteiger partial charge in [-0.25, -0.2) is 13.4 Å². The van der Waals surface area contributed by atoms with E-state index >= 15 is 0 Å². The number of aromatic nitrogens is 3. The normalized spacial score (nSPS) is 11.3. The van der Waals surface area contributed by atoms with Crippen molar-refractivity contribution in [1.29, 1.82) is 0 Å². The van der Waals surface area contributed by atoms with Crippen molar-refractivity contribution in [2.45, 2.75) is 18.2 Å². The Balaban J connectivity index is 1.89. The second-order valence-electron chi connectivity index (χ2n) is 5.68. The summed E-state index contributed by atoms with van der Waals surface area (Å²) in [6.45, 7) is 1.79. The highest BCUT2D eigenvalue weighted by molar-refractivity contribution is 7.91. The first kappa shape index (κ1) is 17.8. The van der Waals surface area contributed by atoms with Crippen molar-refractivity contribution in [2.24, 2.45) is 0 Å². The molecule has 0 saturated carbocycles. The van der Waals surface area contributed by atoms with E-state index < -0.39 is 15.7 Å². The zero-order valence-corrected chi connectivity index (χ0v) is 15.0. The van der Waals surface area contributed by atoms with Crippen LogP contribution in [0.2, 0.25) is 0 Å². The molecule has 0 unspecified atom stereocenters. The molecule has 0 aliphatic carbocycles. The molecule has 134 valence electrons. The summed E-state index contributed by atoms with van der Waals surface area (Å²) in [4.78, 5) is 16.8.